The van der Waals surface area contributed by atoms with Crippen molar-refractivity contribution in [2.45, 2.75) is 30.2 Å². The maximum Gasteiger partial charge on any atom is 0.262 e. The Morgan fingerprint density at radius 1 is 1.25 bits per heavy atom. The molecule has 24 heavy (non-hydrogen) atoms. The summed E-state index contributed by atoms with van der Waals surface area (Å²) in [4.78, 5) is 1.71. The lowest BCUT2D eigenvalue weighted by Gasteiger charge is -2.44. The summed E-state index contributed by atoms with van der Waals surface area (Å²) in [5, 5.41) is 0. The van der Waals surface area contributed by atoms with Gasteiger partial charge in [0.1, 0.15) is 0 Å². The zero-order valence-electron chi connectivity index (χ0n) is 13.6. The molecule has 0 aromatic heterocycles. The van der Waals surface area contributed by atoms with Gasteiger partial charge in [0.2, 0.25) is 10.0 Å². The Kier molecular flexibility index (Phi) is 4.92. The van der Waals surface area contributed by atoms with Crippen LogP contribution in [0, 0.1) is 0 Å². The lowest BCUT2D eigenvalue weighted by molar-refractivity contribution is -0.00295. The molecule has 0 aliphatic carbocycles. The summed E-state index contributed by atoms with van der Waals surface area (Å²) < 4.78 is 58.6. The highest BCUT2D eigenvalue weighted by molar-refractivity contribution is 7.88. The van der Waals surface area contributed by atoms with Crippen LogP contribution in [0.2, 0.25) is 0 Å². The number of likely N-dealkylation sites (tertiary alicyclic amines) is 1. The highest BCUT2D eigenvalue weighted by Crippen LogP contribution is 2.36. The summed E-state index contributed by atoms with van der Waals surface area (Å²) in [5.41, 5.74) is 0.728. The fraction of sp³-hybridized carbons (Fsp3) is 0.625. The number of sulfonamides is 1. The zero-order valence-corrected chi connectivity index (χ0v) is 14.4. The van der Waals surface area contributed by atoms with Crippen molar-refractivity contribution in [3.63, 3.8) is 0 Å². The van der Waals surface area contributed by atoms with Gasteiger partial charge in [0.25, 0.3) is 5.92 Å². The van der Waals surface area contributed by atoms with Gasteiger partial charge in [-0.1, -0.05) is 30.3 Å². The second-order valence-corrected chi connectivity index (χ2v) is 8.52. The molecule has 0 spiro atoms. The molecule has 0 N–H and O–H groups in total. The van der Waals surface area contributed by atoms with E-state index < -0.39 is 15.9 Å². The average molecular weight is 360 g/mol. The summed E-state index contributed by atoms with van der Waals surface area (Å²) in [7, 11) is -1.92. The van der Waals surface area contributed by atoms with Crippen molar-refractivity contribution in [3.05, 3.63) is 35.9 Å². The topological polar surface area (TPSA) is 49.9 Å². The number of ether oxygens (including phenoxy) is 1. The largest absolute Gasteiger partial charge is 0.383 e. The van der Waals surface area contributed by atoms with Crippen molar-refractivity contribution in [1.29, 1.82) is 0 Å². The maximum atomic E-state index is 13.7. The summed E-state index contributed by atoms with van der Waals surface area (Å²) in [6.07, 6.45) is -0.228. The minimum absolute atomic E-state index is 0.0573. The average Bonchev–Trinajstić information content (AvgIpc) is 2.72. The SMILES string of the molecule is COC[C@@H]1CC(F)(F)CN1C1CN(S(=O)(=O)Cc2ccccc2)C1. The molecule has 0 bridgehead atoms. The maximum absolute atomic E-state index is 13.7. The first-order valence-electron chi connectivity index (χ1n) is 7.95. The number of hydrogen-bond acceptors (Lipinski definition) is 4. The molecule has 0 saturated carbocycles. The third kappa shape index (κ3) is 3.77. The lowest BCUT2D eigenvalue weighted by Crippen LogP contribution is -2.62. The molecule has 2 heterocycles. The van der Waals surface area contributed by atoms with E-state index in [0.717, 1.165) is 5.56 Å². The Labute approximate surface area is 141 Å². The number of halogens is 2. The Morgan fingerprint density at radius 2 is 1.92 bits per heavy atom. The van der Waals surface area contributed by atoms with Crippen LogP contribution in [-0.4, -0.2) is 69.0 Å². The summed E-state index contributed by atoms with van der Waals surface area (Å²) >= 11 is 0. The molecule has 2 aliphatic heterocycles. The number of alkyl halides is 2. The van der Waals surface area contributed by atoms with Gasteiger partial charge in [0.05, 0.1) is 18.9 Å². The van der Waals surface area contributed by atoms with Gasteiger partial charge in [-0.25, -0.2) is 17.2 Å². The molecule has 5 nitrogen and oxygen atoms in total. The van der Waals surface area contributed by atoms with Crippen LogP contribution in [0.1, 0.15) is 12.0 Å². The molecule has 134 valence electrons. The molecule has 1 aromatic carbocycles. The Bertz CT molecular complexity index is 663. The van der Waals surface area contributed by atoms with Crippen LogP contribution in [0.3, 0.4) is 0 Å². The zero-order chi connectivity index (χ0) is 17.4. The molecular weight excluding hydrogens is 338 g/mol. The van der Waals surface area contributed by atoms with Gasteiger partial charge < -0.3 is 4.74 Å². The van der Waals surface area contributed by atoms with Gasteiger partial charge in [0, 0.05) is 38.7 Å². The second kappa shape index (κ2) is 6.67. The van der Waals surface area contributed by atoms with Gasteiger partial charge in [0.15, 0.2) is 0 Å². The van der Waals surface area contributed by atoms with E-state index in [1.165, 1.54) is 11.4 Å². The molecule has 0 radical (unpaired) electrons. The number of benzene rings is 1. The molecular formula is C16H22F2N2O3S. The van der Waals surface area contributed by atoms with E-state index in [2.05, 4.69) is 0 Å². The monoisotopic (exact) mass is 360 g/mol. The third-order valence-electron chi connectivity index (χ3n) is 4.66. The molecule has 0 amide bonds. The first kappa shape index (κ1) is 17.7. The van der Waals surface area contributed by atoms with Gasteiger partial charge in [-0.05, 0) is 5.56 Å². The minimum Gasteiger partial charge on any atom is -0.383 e. The van der Waals surface area contributed by atoms with Crippen molar-refractivity contribution < 1.29 is 21.9 Å². The Morgan fingerprint density at radius 3 is 2.54 bits per heavy atom. The van der Waals surface area contributed by atoms with E-state index in [0.29, 0.717) is 0 Å². The fourth-order valence-corrected chi connectivity index (χ4v) is 5.02. The van der Waals surface area contributed by atoms with Crippen LogP contribution >= 0.6 is 0 Å². The normalized spacial score (nSPS) is 25.7. The number of nitrogens with zero attached hydrogens (tertiary/aromatic N) is 2. The molecule has 0 unspecified atom stereocenters. The van der Waals surface area contributed by atoms with E-state index in [9.17, 15) is 17.2 Å². The van der Waals surface area contributed by atoms with E-state index >= 15 is 0 Å². The third-order valence-corrected chi connectivity index (χ3v) is 6.44. The molecule has 2 fully saturated rings. The Hall–Kier alpha value is -1.09. The van der Waals surface area contributed by atoms with Crippen molar-refractivity contribution in [2.75, 3.05) is 33.4 Å². The highest BCUT2D eigenvalue weighted by Gasteiger charge is 2.51. The van der Waals surface area contributed by atoms with Crippen LogP contribution in [0.15, 0.2) is 30.3 Å². The van der Waals surface area contributed by atoms with Gasteiger partial charge >= 0.3 is 0 Å². The standard InChI is InChI=1S/C16H22F2N2O3S/c1-23-10-14-7-16(17,18)12-20(14)15-8-19(9-15)24(21,22)11-13-5-3-2-4-6-13/h2-6,14-15H,7-12H2,1H3/t14-/m0/s1. The number of methoxy groups -OCH3 is 1. The first-order valence-corrected chi connectivity index (χ1v) is 9.56. The van der Waals surface area contributed by atoms with Crippen LogP contribution in [0.25, 0.3) is 0 Å². The summed E-state index contributed by atoms with van der Waals surface area (Å²) in [5.74, 6) is -2.79. The van der Waals surface area contributed by atoms with Crippen LogP contribution in [0.5, 0.6) is 0 Å². The van der Waals surface area contributed by atoms with Crippen LogP contribution in [-0.2, 0) is 20.5 Å². The second-order valence-electron chi connectivity index (χ2n) is 6.55. The quantitative estimate of drug-likeness (QED) is 0.773. The van der Waals surface area contributed by atoms with E-state index in [1.54, 1.807) is 29.2 Å². The number of hydrogen-bond donors (Lipinski definition) is 0. The summed E-state index contributed by atoms with van der Waals surface area (Å²) in [6, 6.07) is 8.45. The van der Waals surface area contributed by atoms with Crippen molar-refractivity contribution in [2.24, 2.45) is 0 Å². The van der Waals surface area contributed by atoms with E-state index in [4.69, 9.17) is 4.74 Å². The molecule has 2 aliphatic rings. The lowest BCUT2D eigenvalue weighted by atomic mass is 10.1. The highest BCUT2D eigenvalue weighted by atomic mass is 32.2. The summed E-state index contributed by atoms with van der Waals surface area (Å²) in [6.45, 7) is 0.456. The van der Waals surface area contributed by atoms with Crippen molar-refractivity contribution >= 4 is 10.0 Å². The van der Waals surface area contributed by atoms with Crippen LogP contribution in [0.4, 0.5) is 8.78 Å². The van der Waals surface area contributed by atoms with Gasteiger partial charge in [-0.15, -0.1) is 0 Å². The molecule has 3 rings (SSSR count). The molecule has 8 heteroatoms. The molecule has 1 aromatic rings. The predicted molar refractivity (Wildman–Crippen MR) is 86.4 cm³/mol. The van der Waals surface area contributed by atoms with E-state index in [-0.39, 0.29) is 50.5 Å². The minimum atomic E-state index is -3.41. The predicted octanol–water partition coefficient (Wildman–Crippen LogP) is 1.56. The fourth-order valence-electron chi connectivity index (χ4n) is 3.43. The van der Waals surface area contributed by atoms with Gasteiger partial charge in [-0.3, -0.25) is 4.90 Å². The Balaban J connectivity index is 1.60. The first-order chi connectivity index (χ1) is 11.3. The number of rotatable bonds is 6. The molecule has 1 atom stereocenters. The smallest absolute Gasteiger partial charge is 0.262 e. The molecule has 2 saturated heterocycles. The van der Waals surface area contributed by atoms with Crippen molar-refractivity contribution in [1.82, 2.24) is 9.21 Å². The van der Waals surface area contributed by atoms with E-state index in [1.807, 2.05) is 6.07 Å². The van der Waals surface area contributed by atoms with Gasteiger partial charge in [-0.2, -0.15) is 4.31 Å². The van der Waals surface area contributed by atoms with Crippen molar-refractivity contribution in [3.8, 4) is 0 Å². The van der Waals surface area contributed by atoms with Crippen LogP contribution < -0.4 is 0 Å².